The SMILES string of the molecule is O=C(c1cccc(S(=O)(=O)Nc2cc(F)ccc2F)c1)N1CCN2CCC[C@@H]2C1. The molecule has 2 fully saturated rings. The first-order chi connectivity index (χ1) is 13.8. The summed E-state index contributed by atoms with van der Waals surface area (Å²) < 4.78 is 54.5. The van der Waals surface area contributed by atoms with Crippen molar-refractivity contribution in [1.29, 1.82) is 0 Å². The summed E-state index contributed by atoms with van der Waals surface area (Å²) in [6.07, 6.45) is 2.18. The summed E-state index contributed by atoms with van der Waals surface area (Å²) >= 11 is 0. The van der Waals surface area contributed by atoms with Crippen molar-refractivity contribution in [1.82, 2.24) is 9.80 Å². The van der Waals surface area contributed by atoms with Gasteiger partial charge in [-0.2, -0.15) is 0 Å². The number of amides is 1. The van der Waals surface area contributed by atoms with Gasteiger partial charge < -0.3 is 4.90 Å². The van der Waals surface area contributed by atoms with E-state index >= 15 is 0 Å². The Kier molecular flexibility index (Phi) is 5.26. The van der Waals surface area contributed by atoms with Crippen LogP contribution in [0, 0.1) is 11.6 Å². The van der Waals surface area contributed by atoms with Crippen LogP contribution in [0.1, 0.15) is 23.2 Å². The number of fused-ring (bicyclic) bond motifs is 1. The van der Waals surface area contributed by atoms with Gasteiger partial charge in [-0.05, 0) is 49.7 Å². The second kappa shape index (κ2) is 7.72. The Labute approximate surface area is 168 Å². The maximum atomic E-state index is 13.8. The van der Waals surface area contributed by atoms with E-state index in [2.05, 4.69) is 4.90 Å². The Morgan fingerprint density at radius 1 is 1.07 bits per heavy atom. The third-order valence-corrected chi connectivity index (χ3v) is 6.80. The zero-order chi connectivity index (χ0) is 20.6. The highest BCUT2D eigenvalue weighted by Gasteiger charge is 2.33. The Morgan fingerprint density at radius 2 is 1.90 bits per heavy atom. The maximum Gasteiger partial charge on any atom is 0.262 e. The molecule has 2 saturated heterocycles. The van der Waals surface area contributed by atoms with Crippen molar-refractivity contribution in [2.75, 3.05) is 30.9 Å². The monoisotopic (exact) mass is 421 g/mol. The van der Waals surface area contributed by atoms with E-state index in [9.17, 15) is 22.0 Å². The molecule has 0 aliphatic carbocycles. The van der Waals surface area contributed by atoms with Gasteiger partial charge in [0, 0.05) is 37.3 Å². The minimum Gasteiger partial charge on any atom is -0.336 e. The number of nitrogens with zero attached hydrogens (tertiary/aromatic N) is 2. The van der Waals surface area contributed by atoms with Gasteiger partial charge in [0.2, 0.25) is 0 Å². The standard InChI is InChI=1S/C20H21F2N3O3S/c21-15-6-7-18(22)19(12-15)23-29(27,28)17-5-1-3-14(11-17)20(26)25-10-9-24-8-2-4-16(24)13-25/h1,3,5-7,11-12,16,23H,2,4,8-10,13H2/t16-/m1/s1. The van der Waals surface area contributed by atoms with Crippen molar-refractivity contribution in [2.24, 2.45) is 0 Å². The Hall–Kier alpha value is -2.52. The fraction of sp³-hybridized carbons (Fsp3) is 0.350. The lowest BCUT2D eigenvalue weighted by Gasteiger charge is -2.37. The summed E-state index contributed by atoms with van der Waals surface area (Å²) in [7, 11) is -4.19. The van der Waals surface area contributed by atoms with E-state index in [1.54, 1.807) is 11.0 Å². The minimum atomic E-state index is -4.19. The van der Waals surface area contributed by atoms with Crippen LogP contribution >= 0.6 is 0 Å². The summed E-state index contributed by atoms with van der Waals surface area (Å²) in [5.41, 5.74) is -0.238. The number of carbonyl (C=O) groups excluding carboxylic acids is 1. The summed E-state index contributed by atoms with van der Waals surface area (Å²) in [4.78, 5) is 16.8. The van der Waals surface area contributed by atoms with Crippen LogP contribution < -0.4 is 4.72 Å². The predicted octanol–water partition coefficient (Wildman–Crippen LogP) is 2.69. The molecule has 0 unspecified atom stereocenters. The highest BCUT2D eigenvalue weighted by Crippen LogP contribution is 2.24. The van der Waals surface area contributed by atoms with Crippen LogP contribution in [-0.2, 0) is 10.0 Å². The van der Waals surface area contributed by atoms with Gasteiger partial charge in [-0.1, -0.05) is 6.07 Å². The zero-order valence-electron chi connectivity index (χ0n) is 15.6. The molecule has 9 heteroatoms. The second-order valence-corrected chi connectivity index (χ2v) is 9.02. The molecule has 6 nitrogen and oxygen atoms in total. The number of nitrogens with one attached hydrogen (secondary N) is 1. The van der Waals surface area contributed by atoms with Crippen molar-refractivity contribution in [2.45, 2.75) is 23.8 Å². The number of rotatable bonds is 4. The van der Waals surface area contributed by atoms with Gasteiger partial charge in [0.15, 0.2) is 0 Å². The molecule has 1 amide bonds. The number of anilines is 1. The van der Waals surface area contributed by atoms with E-state index in [0.29, 0.717) is 19.1 Å². The van der Waals surface area contributed by atoms with Crippen molar-refractivity contribution < 1.29 is 22.0 Å². The molecule has 2 aliphatic rings. The van der Waals surface area contributed by atoms with Gasteiger partial charge in [-0.15, -0.1) is 0 Å². The average Bonchev–Trinajstić information content (AvgIpc) is 3.18. The van der Waals surface area contributed by atoms with Crippen LogP contribution in [0.2, 0.25) is 0 Å². The summed E-state index contributed by atoms with van der Waals surface area (Å²) in [5.74, 6) is -1.89. The van der Waals surface area contributed by atoms with E-state index in [1.807, 2.05) is 4.72 Å². The average molecular weight is 421 g/mol. The molecule has 1 atom stereocenters. The van der Waals surface area contributed by atoms with Crippen LogP contribution in [-0.4, -0.2) is 56.3 Å². The molecule has 4 rings (SSSR count). The van der Waals surface area contributed by atoms with Crippen molar-refractivity contribution in [3.05, 3.63) is 59.7 Å². The Morgan fingerprint density at radius 3 is 2.72 bits per heavy atom. The number of hydrogen-bond acceptors (Lipinski definition) is 4. The summed E-state index contributed by atoms with van der Waals surface area (Å²) in [6, 6.07) is 8.47. The normalized spacial score (nSPS) is 19.8. The van der Waals surface area contributed by atoms with Gasteiger partial charge in [-0.25, -0.2) is 17.2 Å². The van der Waals surface area contributed by atoms with E-state index < -0.39 is 27.3 Å². The van der Waals surface area contributed by atoms with Crippen LogP contribution in [0.25, 0.3) is 0 Å². The fourth-order valence-corrected chi connectivity index (χ4v) is 5.04. The molecular formula is C20H21F2N3O3S. The van der Waals surface area contributed by atoms with E-state index in [0.717, 1.165) is 44.1 Å². The lowest BCUT2D eigenvalue weighted by molar-refractivity contribution is 0.0571. The van der Waals surface area contributed by atoms with Crippen LogP contribution in [0.3, 0.4) is 0 Å². The molecule has 0 spiro atoms. The number of benzene rings is 2. The molecule has 154 valence electrons. The summed E-state index contributed by atoms with van der Waals surface area (Å²) in [5, 5.41) is 0. The molecule has 2 aliphatic heterocycles. The smallest absolute Gasteiger partial charge is 0.262 e. The van der Waals surface area contributed by atoms with Gasteiger partial charge in [0.1, 0.15) is 11.6 Å². The molecule has 2 aromatic carbocycles. The third-order valence-electron chi connectivity index (χ3n) is 5.44. The van der Waals surface area contributed by atoms with Gasteiger partial charge in [-0.3, -0.25) is 14.4 Å². The predicted molar refractivity (Wildman–Crippen MR) is 104 cm³/mol. The molecule has 2 aromatic rings. The third kappa shape index (κ3) is 4.11. The number of hydrogen-bond donors (Lipinski definition) is 1. The Bertz CT molecular complexity index is 1050. The first-order valence-electron chi connectivity index (χ1n) is 9.45. The quantitative estimate of drug-likeness (QED) is 0.824. The first-order valence-corrected chi connectivity index (χ1v) is 10.9. The van der Waals surface area contributed by atoms with Crippen LogP contribution in [0.5, 0.6) is 0 Å². The van der Waals surface area contributed by atoms with Gasteiger partial charge in [0.25, 0.3) is 15.9 Å². The number of piperazine rings is 1. The fourth-order valence-electron chi connectivity index (χ4n) is 3.93. The Balaban J connectivity index is 1.54. The molecular weight excluding hydrogens is 400 g/mol. The highest BCUT2D eigenvalue weighted by molar-refractivity contribution is 7.92. The topological polar surface area (TPSA) is 69.7 Å². The number of halogens is 2. The van der Waals surface area contributed by atoms with Crippen molar-refractivity contribution in [3.8, 4) is 0 Å². The van der Waals surface area contributed by atoms with Crippen molar-refractivity contribution >= 4 is 21.6 Å². The van der Waals surface area contributed by atoms with E-state index in [1.165, 1.54) is 18.2 Å². The maximum absolute atomic E-state index is 13.8. The largest absolute Gasteiger partial charge is 0.336 e. The van der Waals surface area contributed by atoms with E-state index in [4.69, 9.17) is 0 Å². The van der Waals surface area contributed by atoms with Gasteiger partial charge in [0.05, 0.1) is 10.6 Å². The van der Waals surface area contributed by atoms with Crippen molar-refractivity contribution in [3.63, 3.8) is 0 Å². The van der Waals surface area contributed by atoms with E-state index in [-0.39, 0.29) is 16.4 Å². The number of sulfonamides is 1. The summed E-state index contributed by atoms with van der Waals surface area (Å²) in [6.45, 7) is 3.10. The lowest BCUT2D eigenvalue weighted by Crippen LogP contribution is -2.52. The second-order valence-electron chi connectivity index (χ2n) is 7.34. The zero-order valence-corrected chi connectivity index (χ0v) is 16.5. The van der Waals surface area contributed by atoms with Gasteiger partial charge >= 0.3 is 0 Å². The molecule has 0 saturated carbocycles. The first kappa shape index (κ1) is 19.8. The lowest BCUT2D eigenvalue weighted by atomic mass is 10.1. The molecule has 29 heavy (non-hydrogen) atoms. The molecule has 0 aromatic heterocycles. The molecule has 0 bridgehead atoms. The molecule has 0 radical (unpaired) electrons. The molecule has 1 N–H and O–H groups in total. The van der Waals surface area contributed by atoms with Crippen LogP contribution in [0.15, 0.2) is 47.4 Å². The highest BCUT2D eigenvalue weighted by atomic mass is 32.2. The van der Waals surface area contributed by atoms with Crippen LogP contribution in [0.4, 0.5) is 14.5 Å². The minimum absolute atomic E-state index is 0.188. The number of carbonyl (C=O) groups is 1. The molecule has 2 heterocycles.